The molecule has 1 aromatic carbocycles. The van der Waals surface area contributed by atoms with Gasteiger partial charge in [0.25, 0.3) is 0 Å². The Morgan fingerprint density at radius 1 is 1.46 bits per heavy atom. The molecule has 1 aliphatic carbocycles. The van der Waals surface area contributed by atoms with Crippen molar-refractivity contribution in [3.63, 3.8) is 0 Å². The first kappa shape index (κ1) is 8.69. The second kappa shape index (κ2) is 3.46. The molecule has 0 unspecified atom stereocenters. The van der Waals surface area contributed by atoms with E-state index in [1.54, 1.807) is 7.11 Å². The summed E-state index contributed by atoms with van der Waals surface area (Å²) in [7, 11) is 1.72. The van der Waals surface area contributed by atoms with E-state index >= 15 is 0 Å². The van der Waals surface area contributed by atoms with Crippen molar-refractivity contribution in [3.05, 3.63) is 35.4 Å². The van der Waals surface area contributed by atoms with Crippen molar-refractivity contribution in [2.45, 2.75) is 18.6 Å². The smallest absolute Gasteiger partial charge is 0.0993 e. The van der Waals surface area contributed by atoms with E-state index in [0.717, 1.165) is 6.42 Å². The second-order valence-corrected chi connectivity index (χ2v) is 3.33. The number of nitrogens with one attached hydrogen (secondary N) is 1. The molecule has 0 saturated heterocycles. The van der Waals surface area contributed by atoms with Crippen LogP contribution in [0.5, 0.6) is 0 Å². The Morgan fingerprint density at radius 2 is 2.23 bits per heavy atom. The first-order chi connectivity index (χ1) is 6.36. The minimum atomic E-state index is 0.0983. The lowest BCUT2D eigenvalue weighted by Gasteiger charge is -2.17. The molecule has 2 rings (SSSR count). The Hall–Kier alpha value is -0.900. The van der Waals surface area contributed by atoms with Crippen LogP contribution in [0.25, 0.3) is 0 Å². The minimum Gasteiger partial charge on any atom is -0.375 e. The number of methoxy groups -OCH3 is 1. The molecule has 0 spiro atoms. The topological polar surface area (TPSA) is 47.3 Å². The number of benzene rings is 1. The molecule has 1 aromatic rings. The van der Waals surface area contributed by atoms with E-state index in [0.29, 0.717) is 0 Å². The van der Waals surface area contributed by atoms with E-state index < -0.39 is 0 Å². The van der Waals surface area contributed by atoms with E-state index in [4.69, 9.17) is 10.6 Å². The maximum atomic E-state index is 5.45. The van der Waals surface area contributed by atoms with Gasteiger partial charge in [-0.05, 0) is 17.5 Å². The van der Waals surface area contributed by atoms with Crippen molar-refractivity contribution in [1.29, 1.82) is 0 Å². The van der Waals surface area contributed by atoms with Gasteiger partial charge in [-0.25, -0.2) is 0 Å². The number of nitrogens with two attached hydrogens (primary N) is 1. The van der Waals surface area contributed by atoms with E-state index in [1.807, 2.05) is 12.1 Å². The second-order valence-electron chi connectivity index (χ2n) is 3.33. The van der Waals surface area contributed by atoms with Crippen molar-refractivity contribution in [2.75, 3.05) is 7.11 Å². The SMILES string of the molecule is CO[C@H]1c2ccccc2C[C@@H]1NN. The van der Waals surface area contributed by atoms with E-state index in [9.17, 15) is 0 Å². The van der Waals surface area contributed by atoms with E-state index in [1.165, 1.54) is 11.1 Å². The van der Waals surface area contributed by atoms with Gasteiger partial charge in [0.1, 0.15) is 0 Å². The molecule has 2 atom stereocenters. The van der Waals surface area contributed by atoms with Crippen LogP contribution in [0.3, 0.4) is 0 Å². The number of rotatable bonds is 2. The largest absolute Gasteiger partial charge is 0.375 e. The fraction of sp³-hybridized carbons (Fsp3) is 0.400. The van der Waals surface area contributed by atoms with Crippen LogP contribution in [-0.2, 0) is 11.2 Å². The summed E-state index contributed by atoms with van der Waals surface area (Å²) in [5.41, 5.74) is 5.38. The van der Waals surface area contributed by atoms with Crippen molar-refractivity contribution >= 4 is 0 Å². The zero-order valence-electron chi connectivity index (χ0n) is 7.66. The average Bonchev–Trinajstić information content (AvgIpc) is 2.55. The molecule has 0 bridgehead atoms. The number of ether oxygens (including phenoxy) is 1. The van der Waals surface area contributed by atoms with Crippen molar-refractivity contribution in [1.82, 2.24) is 5.43 Å². The van der Waals surface area contributed by atoms with Crippen LogP contribution in [0.4, 0.5) is 0 Å². The number of hydrogen-bond acceptors (Lipinski definition) is 3. The third kappa shape index (κ3) is 1.35. The standard InChI is InChI=1S/C10H14N2O/c1-13-10-8-5-3-2-4-7(8)6-9(10)12-11/h2-5,9-10,12H,6,11H2,1H3/t9-,10-/m0/s1. The highest BCUT2D eigenvalue weighted by Gasteiger charge is 2.31. The summed E-state index contributed by atoms with van der Waals surface area (Å²) in [6.07, 6.45) is 1.05. The number of hydrazine groups is 1. The monoisotopic (exact) mass is 178 g/mol. The minimum absolute atomic E-state index is 0.0983. The summed E-state index contributed by atoms with van der Waals surface area (Å²) in [6, 6.07) is 8.51. The van der Waals surface area contributed by atoms with Gasteiger partial charge in [-0.3, -0.25) is 11.3 Å². The van der Waals surface area contributed by atoms with Crippen LogP contribution >= 0.6 is 0 Å². The van der Waals surface area contributed by atoms with Crippen LogP contribution in [-0.4, -0.2) is 13.2 Å². The fourth-order valence-corrected chi connectivity index (χ4v) is 2.00. The summed E-state index contributed by atoms with van der Waals surface area (Å²) >= 11 is 0. The van der Waals surface area contributed by atoms with Gasteiger partial charge in [-0.2, -0.15) is 0 Å². The molecule has 70 valence electrons. The molecule has 3 heteroatoms. The molecule has 0 fully saturated rings. The normalized spacial score (nSPS) is 26.0. The van der Waals surface area contributed by atoms with E-state index in [2.05, 4.69) is 17.6 Å². The van der Waals surface area contributed by atoms with Gasteiger partial charge >= 0.3 is 0 Å². The van der Waals surface area contributed by atoms with Crippen LogP contribution in [0.15, 0.2) is 24.3 Å². The zero-order valence-corrected chi connectivity index (χ0v) is 7.66. The fourth-order valence-electron chi connectivity index (χ4n) is 2.00. The first-order valence-electron chi connectivity index (χ1n) is 4.43. The van der Waals surface area contributed by atoms with Gasteiger partial charge in [0, 0.05) is 7.11 Å². The predicted molar refractivity (Wildman–Crippen MR) is 51.0 cm³/mol. The molecule has 3 nitrogen and oxygen atoms in total. The van der Waals surface area contributed by atoms with Gasteiger partial charge in [-0.1, -0.05) is 24.3 Å². The molecular weight excluding hydrogens is 164 g/mol. The molecule has 0 heterocycles. The Balaban J connectivity index is 2.34. The molecular formula is C10H14N2O. The van der Waals surface area contributed by atoms with Crippen molar-refractivity contribution < 1.29 is 4.74 Å². The van der Waals surface area contributed by atoms with Gasteiger partial charge < -0.3 is 4.74 Å². The van der Waals surface area contributed by atoms with Crippen molar-refractivity contribution in [2.24, 2.45) is 5.84 Å². The Kier molecular flexibility index (Phi) is 2.31. The quantitative estimate of drug-likeness (QED) is 0.519. The summed E-state index contributed by atoms with van der Waals surface area (Å²) < 4.78 is 5.40. The number of hydrogen-bond donors (Lipinski definition) is 2. The summed E-state index contributed by atoms with van der Waals surface area (Å²) in [5.74, 6) is 5.45. The van der Waals surface area contributed by atoms with Crippen LogP contribution < -0.4 is 11.3 Å². The molecule has 0 aromatic heterocycles. The first-order valence-corrected chi connectivity index (χ1v) is 4.43. The Labute approximate surface area is 77.9 Å². The summed E-state index contributed by atoms with van der Waals surface area (Å²) in [6.45, 7) is 0. The highest BCUT2D eigenvalue weighted by atomic mass is 16.5. The van der Waals surface area contributed by atoms with Crippen LogP contribution in [0.1, 0.15) is 17.2 Å². The van der Waals surface area contributed by atoms with E-state index in [-0.39, 0.29) is 12.1 Å². The lowest BCUT2D eigenvalue weighted by Crippen LogP contribution is -2.38. The molecule has 0 saturated carbocycles. The maximum absolute atomic E-state index is 5.45. The molecule has 0 amide bonds. The highest BCUT2D eigenvalue weighted by Crippen LogP contribution is 2.32. The van der Waals surface area contributed by atoms with Gasteiger partial charge in [0.05, 0.1) is 12.1 Å². The Morgan fingerprint density at radius 3 is 2.92 bits per heavy atom. The van der Waals surface area contributed by atoms with Crippen LogP contribution in [0, 0.1) is 0 Å². The molecule has 0 radical (unpaired) electrons. The van der Waals surface area contributed by atoms with Crippen molar-refractivity contribution in [3.8, 4) is 0 Å². The van der Waals surface area contributed by atoms with Crippen LogP contribution in [0.2, 0.25) is 0 Å². The van der Waals surface area contributed by atoms with Gasteiger partial charge in [0.2, 0.25) is 0 Å². The summed E-state index contributed by atoms with van der Waals surface area (Å²) in [5, 5.41) is 0. The van der Waals surface area contributed by atoms with Gasteiger partial charge in [0.15, 0.2) is 0 Å². The van der Waals surface area contributed by atoms with Gasteiger partial charge in [-0.15, -0.1) is 0 Å². The molecule has 3 N–H and O–H groups in total. The highest BCUT2D eigenvalue weighted by molar-refractivity contribution is 5.35. The third-order valence-electron chi connectivity index (χ3n) is 2.63. The molecule has 1 aliphatic rings. The third-order valence-corrected chi connectivity index (χ3v) is 2.63. The number of fused-ring (bicyclic) bond motifs is 1. The summed E-state index contributed by atoms with van der Waals surface area (Å²) in [4.78, 5) is 0. The lowest BCUT2D eigenvalue weighted by molar-refractivity contribution is 0.0785. The molecule has 0 aliphatic heterocycles. The Bertz CT molecular complexity index is 301. The average molecular weight is 178 g/mol. The lowest BCUT2D eigenvalue weighted by atomic mass is 10.1. The zero-order chi connectivity index (χ0) is 9.26. The maximum Gasteiger partial charge on any atom is 0.0993 e. The molecule has 13 heavy (non-hydrogen) atoms. The predicted octanol–water partition coefficient (Wildman–Crippen LogP) is 0.762.